The zero-order chi connectivity index (χ0) is 18.8. The van der Waals surface area contributed by atoms with Gasteiger partial charge in [0.1, 0.15) is 11.6 Å². The highest BCUT2D eigenvalue weighted by atomic mass is 28.4. The topological polar surface area (TPSA) is 29.5 Å². The van der Waals surface area contributed by atoms with Gasteiger partial charge in [0, 0.05) is 17.6 Å². The summed E-state index contributed by atoms with van der Waals surface area (Å²) in [6.45, 7) is 14.0. The molecule has 0 amide bonds. The first kappa shape index (κ1) is 19.9. The van der Waals surface area contributed by atoms with Crippen molar-refractivity contribution < 1.29 is 13.9 Å². The smallest absolute Gasteiger partial charge is 0.200 e. The van der Waals surface area contributed by atoms with Gasteiger partial charge in [-0.15, -0.1) is 0 Å². The number of phenols is 1. The highest BCUT2D eigenvalue weighted by molar-refractivity contribution is 6.77. The molecule has 0 saturated carbocycles. The van der Waals surface area contributed by atoms with Crippen LogP contribution in [0.4, 0.5) is 4.39 Å². The molecule has 0 bridgehead atoms. The molecule has 1 N–H and O–H groups in total. The van der Waals surface area contributed by atoms with Gasteiger partial charge in [-0.2, -0.15) is 0 Å². The first-order valence-electron chi connectivity index (χ1n) is 9.24. The normalized spacial score (nSPS) is 12.7. The minimum atomic E-state index is -1.96. The van der Waals surface area contributed by atoms with Gasteiger partial charge < -0.3 is 9.53 Å². The Balaban J connectivity index is 2.30. The van der Waals surface area contributed by atoms with E-state index < -0.39 is 8.32 Å². The van der Waals surface area contributed by atoms with Gasteiger partial charge in [-0.3, -0.25) is 0 Å². The average molecular weight is 363 g/mol. The Morgan fingerprint density at radius 2 is 1.56 bits per heavy atom. The maximum absolute atomic E-state index is 14.4. The lowest BCUT2D eigenvalue weighted by Crippen LogP contribution is -2.48. The molecule has 0 spiro atoms. The summed E-state index contributed by atoms with van der Waals surface area (Å²) >= 11 is 0. The van der Waals surface area contributed by atoms with Crippen LogP contribution in [0.25, 0.3) is 10.8 Å². The molecule has 2 rings (SSSR count). The molecule has 25 heavy (non-hydrogen) atoms. The van der Waals surface area contributed by atoms with Gasteiger partial charge in [-0.25, -0.2) is 4.39 Å². The molecule has 4 heteroatoms. The lowest BCUT2D eigenvalue weighted by molar-refractivity contribution is 0.280. The fourth-order valence-electron chi connectivity index (χ4n) is 4.48. The molecule has 2 aromatic rings. The summed E-state index contributed by atoms with van der Waals surface area (Å²) in [5, 5.41) is 11.7. The van der Waals surface area contributed by atoms with Crippen molar-refractivity contribution in [1.82, 2.24) is 0 Å². The second-order valence-electron chi connectivity index (χ2n) is 7.82. The van der Waals surface area contributed by atoms with Gasteiger partial charge in [-0.1, -0.05) is 59.7 Å². The average Bonchev–Trinajstić information content (AvgIpc) is 2.52. The van der Waals surface area contributed by atoms with E-state index in [1.54, 1.807) is 18.2 Å². The molecule has 138 valence electrons. The van der Waals surface area contributed by atoms with Crippen LogP contribution >= 0.6 is 0 Å². The highest BCUT2D eigenvalue weighted by Crippen LogP contribution is 2.42. The molecular formula is C21H31FO2Si. The van der Waals surface area contributed by atoms with Gasteiger partial charge in [0.2, 0.25) is 0 Å². The van der Waals surface area contributed by atoms with Crippen LogP contribution in [0.15, 0.2) is 30.3 Å². The van der Waals surface area contributed by atoms with E-state index in [1.807, 2.05) is 6.07 Å². The molecule has 0 aliphatic carbocycles. The van der Waals surface area contributed by atoms with Crippen LogP contribution in [0, 0.1) is 5.82 Å². The Kier molecular flexibility index (Phi) is 6.28. The summed E-state index contributed by atoms with van der Waals surface area (Å²) in [4.78, 5) is 0. The van der Waals surface area contributed by atoms with Crippen molar-refractivity contribution in [3.63, 3.8) is 0 Å². The minimum absolute atomic E-state index is 0.132. The van der Waals surface area contributed by atoms with Crippen LogP contribution in [0.3, 0.4) is 0 Å². The fraction of sp³-hybridized carbons (Fsp3) is 0.524. The van der Waals surface area contributed by atoms with Crippen LogP contribution in [-0.4, -0.2) is 20.0 Å². The first-order chi connectivity index (χ1) is 11.7. The van der Waals surface area contributed by atoms with E-state index in [0.29, 0.717) is 40.6 Å². The molecular weight excluding hydrogens is 331 g/mol. The molecule has 0 unspecified atom stereocenters. The lowest BCUT2D eigenvalue weighted by atomic mass is 10.0. The van der Waals surface area contributed by atoms with Crippen LogP contribution in [0.1, 0.15) is 47.1 Å². The summed E-state index contributed by atoms with van der Waals surface area (Å²) in [7, 11) is -1.96. The second-order valence-corrected chi connectivity index (χ2v) is 13.3. The van der Waals surface area contributed by atoms with E-state index >= 15 is 0 Å². The van der Waals surface area contributed by atoms with Crippen molar-refractivity contribution in [2.45, 2.75) is 64.6 Å². The van der Waals surface area contributed by atoms with Gasteiger partial charge in [0.25, 0.3) is 0 Å². The molecule has 0 aliphatic rings. The van der Waals surface area contributed by atoms with E-state index in [1.165, 1.54) is 6.07 Å². The van der Waals surface area contributed by atoms with Crippen LogP contribution in [-0.2, 0) is 10.8 Å². The highest BCUT2D eigenvalue weighted by Gasteiger charge is 2.44. The zero-order valence-corrected chi connectivity index (χ0v) is 17.3. The second kappa shape index (κ2) is 7.88. The Bertz CT molecular complexity index is 703. The number of fused-ring (bicyclic) bond motifs is 1. The van der Waals surface area contributed by atoms with E-state index in [4.69, 9.17) is 4.43 Å². The van der Waals surface area contributed by atoms with Crippen molar-refractivity contribution in [3.8, 4) is 5.75 Å². The maximum atomic E-state index is 14.4. The molecule has 0 saturated heterocycles. The summed E-state index contributed by atoms with van der Waals surface area (Å²) < 4.78 is 21.0. The van der Waals surface area contributed by atoms with Gasteiger partial charge in [0.15, 0.2) is 8.32 Å². The van der Waals surface area contributed by atoms with E-state index in [2.05, 4.69) is 41.5 Å². The number of benzene rings is 2. The van der Waals surface area contributed by atoms with Crippen molar-refractivity contribution in [2.24, 2.45) is 0 Å². The number of phenolic OH excluding ortho intramolecular Hbond substituents is 1. The molecule has 0 heterocycles. The number of rotatable bonds is 7. The Morgan fingerprint density at radius 1 is 0.960 bits per heavy atom. The van der Waals surface area contributed by atoms with Gasteiger partial charge in [0.05, 0.1) is 0 Å². The van der Waals surface area contributed by atoms with Crippen molar-refractivity contribution in [2.75, 3.05) is 6.61 Å². The minimum Gasteiger partial charge on any atom is -0.507 e. The first-order valence-corrected chi connectivity index (χ1v) is 11.4. The van der Waals surface area contributed by atoms with Gasteiger partial charge >= 0.3 is 0 Å². The number of hydrogen-bond acceptors (Lipinski definition) is 2. The molecule has 0 aromatic heterocycles. The van der Waals surface area contributed by atoms with Crippen molar-refractivity contribution in [3.05, 3.63) is 41.7 Å². The van der Waals surface area contributed by atoms with Gasteiger partial charge in [-0.05, 0) is 40.6 Å². The third-order valence-electron chi connectivity index (χ3n) is 5.49. The molecule has 0 fully saturated rings. The third kappa shape index (κ3) is 3.75. The summed E-state index contributed by atoms with van der Waals surface area (Å²) in [6, 6.07) is 8.49. The third-order valence-corrected chi connectivity index (χ3v) is 11.6. The zero-order valence-electron chi connectivity index (χ0n) is 16.3. The van der Waals surface area contributed by atoms with E-state index in [0.717, 1.165) is 5.39 Å². The van der Waals surface area contributed by atoms with Crippen LogP contribution in [0.5, 0.6) is 5.75 Å². The number of halogens is 1. The molecule has 0 atom stereocenters. The maximum Gasteiger partial charge on any atom is 0.200 e. The lowest BCUT2D eigenvalue weighted by Gasteiger charge is -2.42. The monoisotopic (exact) mass is 362 g/mol. The largest absolute Gasteiger partial charge is 0.507 e. The van der Waals surface area contributed by atoms with Crippen molar-refractivity contribution in [1.29, 1.82) is 0 Å². The van der Waals surface area contributed by atoms with E-state index in [9.17, 15) is 9.50 Å². The molecule has 0 aliphatic heterocycles. The van der Waals surface area contributed by atoms with Crippen LogP contribution in [0.2, 0.25) is 16.6 Å². The predicted molar refractivity (Wildman–Crippen MR) is 106 cm³/mol. The summed E-state index contributed by atoms with van der Waals surface area (Å²) in [6.07, 6.45) is 0.474. The van der Waals surface area contributed by atoms with Crippen molar-refractivity contribution >= 4 is 19.1 Å². The standard InChI is InChI=1S/C21H31FO2Si/c1-14(2)25(15(3)4,16(5)6)24-13-12-18-19(22)11-10-17-8-7-9-20(23)21(17)18/h7-11,14-16,23H,12-13H2,1-6H3. The predicted octanol–water partition coefficient (Wildman–Crippen LogP) is 6.42. The molecule has 0 radical (unpaired) electrons. The summed E-state index contributed by atoms with van der Waals surface area (Å²) in [5.74, 6) is -0.143. The SMILES string of the molecule is CC(C)[Si](OCCc1c(F)ccc2cccc(O)c12)(C(C)C)C(C)C. The Morgan fingerprint density at radius 3 is 2.12 bits per heavy atom. The summed E-state index contributed by atoms with van der Waals surface area (Å²) in [5.41, 5.74) is 2.05. The molecule has 2 aromatic carbocycles. The van der Waals surface area contributed by atoms with E-state index in [-0.39, 0.29) is 11.6 Å². The fourth-order valence-corrected chi connectivity index (χ4v) is 9.94. The Labute approximate surface area is 152 Å². The number of hydrogen-bond donors (Lipinski definition) is 1. The Hall–Kier alpha value is -1.39. The van der Waals surface area contributed by atoms with Crippen LogP contribution < -0.4 is 0 Å². The molecule has 2 nitrogen and oxygen atoms in total. The number of aromatic hydroxyl groups is 1. The quantitative estimate of drug-likeness (QED) is 0.576.